The van der Waals surface area contributed by atoms with Gasteiger partial charge in [-0.1, -0.05) is 0 Å². The fourth-order valence-corrected chi connectivity index (χ4v) is 2.02. The fraction of sp³-hybridized carbons (Fsp3) is 0.500. The van der Waals surface area contributed by atoms with E-state index in [-0.39, 0.29) is 0 Å². The number of aromatic nitrogens is 1. The molecule has 0 unspecified atom stereocenters. The summed E-state index contributed by atoms with van der Waals surface area (Å²) in [4.78, 5) is 6.63. The Morgan fingerprint density at radius 3 is 3.21 bits per heavy atom. The van der Waals surface area contributed by atoms with Gasteiger partial charge in [0.15, 0.2) is 11.6 Å². The van der Waals surface area contributed by atoms with Crippen LogP contribution in [0.5, 0.6) is 5.75 Å². The van der Waals surface area contributed by atoms with Gasteiger partial charge in [0, 0.05) is 17.2 Å². The Hall–Kier alpha value is -0.770. The van der Waals surface area contributed by atoms with E-state index < -0.39 is 0 Å². The van der Waals surface area contributed by atoms with Gasteiger partial charge in [0.2, 0.25) is 0 Å². The van der Waals surface area contributed by atoms with Crippen molar-refractivity contribution < 1.29 is 4.74 Å². The standard InChI is InChI=1S/C10H13BrN2O/c1-3-13-7(2)6-14-9-4-8(11)5-12-10(9)13/h4-5,7H,3,6H2,1-2H3/t7-/m1/s1. The fourth-order valence-electron chi connectivity index (χ4n) is 1.71. The van der Waals surface area contributed by atoms with Crippen molar-refractivity contribution in [2.24, 2.45) is 0 Å². The first kappa shape index (κ1) is 9.77. The molecule has 0 N–H and O–H groups in total. The van der Waals surface area contributed by atoms with E-state index in [0.717, 1.165) is 29.2 Å². The van der Waals surface area contributed by atoms with E-state index in [9.17, 15) is 0 Å². The Morgan fingerprint density at radius 1 is 1.71 bits per heavy atom. The topological polar surface area (TPSA) is 25.4 Å². The number of hydrogen-bond donors (Lipinski definition) is 0. The van der Waals surface area contributed by atoms with Crippen molar-refractivity contribution in [2.45, 2.75) is 19.9 Å². The molecular weight excluding hydrogens is 244 g/mol. The number of rotatable bonds is 1. The summed E-state index contributed by atoms with van der Waals surface area (Å²) in [7, 11) is 0. The lowest BCUT2D eigenvalue weighted by Gasteiger charge is -2.34. The Labute approximate surface area is 92.2 Å². The van der Waals surface area contributed by atoms with Crippen molar-refractivity contribution in [1.82, 2.24) is 4.98 Å². The van der Waals surface area contributed by atoms with Gasteiger partial charge in [-0.3, -0.25) is 0 Å². The number of ether oxygens (including phenoxy) is 1. The number of hydrogen-bond acceptors (Lipinski definition) is 3. The molecule has 0 saturated carbocycles. The van der Waals surface area contributed by atoms with Gasteiger partial charge >= 0.3 is 0 Å². The zero-order chi connectivity index (χ0) is 10.1. The van der Waals surface area contributed by atoms with E-state index in [4.69, 9.17) is 4.74 Å². The second kappa shape index (κ2) is 3.77. The van der Waals surface area contributed by atoms with Crippen LogP contribution in [0, 0.1) is 0 Å². The normalized spacial score (nSPS) is 20.2. The minimum atomic E-state index is 0.404. The molecule has 14 heavy (non-hydrogen) atoms. The summed E-state index contributed by atoms with van der Waals surface area (Å²) < 4.78 is 6.57. The van der Waals surface area contributed by atoms with Crippen molar-refractivity contribution >= 4 is 21.7 Å². The molecule has 0 bridgehead atoms. The molecule has 76 valence electrons. The minimum absolute atomic E-state index is 0.404. The number of pyridine rings is 1. The van der Waals surface area contributed by atoms with Gasteiger partial charge in [0.25, 0.3) is 0 Å². The quantitative estimate of drug-likeness (QED) is 0.772. The molecule has 1 aliphatic heterocycles. The van der Waals surface area contributed by atoms with E-state index in [1.165, 1.54) is 0 Å². The molecule has 1 aromatic heterocycles. The lowest BCUT2D eigenvalue weighted by atomic mass is 10.2. The molecule has 0 aromatic carbocycles. The molecular formula is C10H13BrN2O. The summed E-state index contributed by atoms with van der Waals surface area (Å²) in [5, 5.41) is 0. The molecule has 2 heterocycles. The summed E-state index contributed by atoms with van der Waals surface area (Å²) in [5.41, 5.74) is 0. The van der Waals surface area contributed by atoms with Gasteiger partial charge in [-0.25, -0.2) is 4.98 Å². The Kier molecular flexibility index (Phi) is 2.63. The van der Waals surface area contributed by atoms with Crippen molar-refractivity contribution in [1.29, 1.82) is 0 Å². The molecule has 3 nitrogen and oxygen atoms in total. The van der Waals surface area contributed by atoms with E-state index in [1.54, 1.807) is 0 Å². The maximum Gasteiger partial charge on any atom is 0.171 e. The van der Waals surface area contributed by atoms with Crippen molar-refractivity contribution in [3.63, 3.8) is 0 Å². The molecule has 0 aliphatic carbocycles. The predicted octanol–water partition coefficient (Wildman–Crippen LogP) is 2.45. The number of fused-ring (bicyclic) bond motifs is 1. The Morgan fingerprint density at radius 2 is 2.50 bits per heavy atom. The third kappa shape index (κ3) is 1.59. The van der Waals surface area contributed by atoms with Crippen LogP contribution in [0.1, 0.15) is 13.8 Å². The monoisotopic (exact) mass is 256 g/mol. The van der Waals surface area contributed by atoms with Gasteiger partial charge in [-0.15, -0.1) is 0 Å². The van der Waals surface area contributed by atoms with E-state index in [1.807, 2.05) is 12.3 Å². The Bertz CT molecular complexity index is 343. The molecule has 1 aromatic rings. The van der Waals surface area contributed by atoms with E-state index >= 15 is 0 Å². The first-order valence-electron chi connectivity index (χ1n) is 4.77. The first-order chi connectivity index (χ1) is 6.72. The molecule has 0 fully saturated rings. The molecule has 0 spiro atoms. The van der Waals surface area contributed by atoms with Crippen LogP contribution in [0.2, 0.25) is 0 Å². The average Bonchev–Trinajstić information content (AvgIpc) is 2.18. The van der Waals surface area contributed by atoms with Gasteiger partial charge in [-0.05, 0) is 35.8 Å². The Balaban J connectivity index is 2.41. The van der Waals surface area contributed by atoms with Crippen LogP contribution in [0.4, 0.5) is 5.82 Å². The second-order valence-electron chi connectivity index (χ2n) is 3.42. The highest BCUT2D eigenvalue weighted by Gasteiger charge is 2.24. The summed E-state index contributed by atoms with van der Waals surface area (Å²) in [6.45, 7) is 5.98. The number of nitrogens with zero attached hydrogens (tertiary/aromatic N) is 2. The number of anilines is 1. The SMILES string of the molecule is CCN1c2ncc(Br)cc2OC[C@H]1C. The third-order valence-electron chi connectivity index (χ3n) is 2.42. The predicted molar refractivity (Wildman–Crippen MR) is 59.9 cm³/mol. The minimum Gasteiger partial charge on any atom is -0.488 e. The zero-order valence-corrected chi connectivity index (χ0v) is 9.91. The maximum absolute atomic E-state index is 5.61. The smallest absolute Gasteiger partial charge is 0.171 e. The highest BCUT2D eigenvalue weighted by atomic mass is 79.9. The second-order valence-corrected chi connectivity index (χ2v) is 4.34. The van der Waals surface area contributed by atoms with Crippen molar-refractivity contribution in [3.8, 4) is 5.75 Å². The maximum atomic E-state index is 5.61. The van der Waals surface area contributed by atoms with E-state index in [2.05, 4.69) is 39.7 Å². The summed E-state index contributed by atoms with van der Waals surface area (Å²) in [6, 6.07) is 2.37. The van der Waals surface area contributed by atoms with Gasteiger partial charge in [0.05, 0.1) is 6.04 Å². The van der Waals surface area contributed by atoms with Crippen LogP contribution in [0.3, 0.4) is 0 Å². The molecule has 2 rings (SSSR count). The van der Waals surface area contributed by atoms with Crippen LogP contribution in [0.25, 0.3) is 0 Å². The highest BCUT2D eigenvalue weighted by Crippen LogP contribution is 2.33. The van der Waals surface area contributed by atoms with Crippen molar-refractivity contribution in [2.75, 3.05) is 18.1 Å². The summed E-state index contributed by atoms with van der Waals surface area (Å²) >= 11 is 3.39. The summed E-state index contributed by atoms with van der Waals surface area (Å²) in [6.07, 6.45) is 1.81. The van der Waals surface area contributed by atoms with E-state index in [0.29, 0.717) is 6.04 Å². The lowest BCUT2D eigenvalue weighted by Crippen LogP contribution is -2.41. The van der Waals surface area contributed by atoms with Gasteiger partial charge < -0.3 is 9.64 Å². The van der Waals surface area contributed by atoms with Crippen LogP contribution < -0.4 is 9.64 Å². The van der Waals surface area contributed by atoms with Gasteiger partial charge in [0.1, 0.15) is 6.61 Å². The molecule has 1 atom stereocenters. The number of likely N-dealkylation sites (N-methyl/N-ethyl adjacent to an activating group) is 1. The average molecular weight is 257 g/mol. The summed E-state index contributed by atoms with van der Waals surface area (Å²) in [5.74, 6) is 1.83. The van der Waals surface area contributed by atoms with Crippen molar-refractivity contribution in [3.05, 3.63) is 16.7 Å². The van der Waals surface area contributed by atoms with Crippen LogP contribution in [-0.4, -0.2) is 24.2 Å². The highest BCUT2D eigenvalue weighted by molar-refractivity contribution is 9.10. The number of halogens is 1. The van der Waals surface area contributed by atoms with Crippen LogP contribution >= 0.6 is 15.9 Å². The lowest BCUT2D eigenvalue weighted by molar-refractivity contribution is 0.268. The van der Waals surface area contributed by atoms with Crippen LogP contribution in [-0.2, 0) is 0 Å². The zero-order valence-electron chi connectivity index (χ0n) is 8.33. The van der Waals surface area contributed by atoms with Crippen LogP contribution in [0.15, 0.2) is 16.7 Å². The molecule has 1 aliphatic rings. The molecule has 0 amide bonds. The largest absolute Gasteiger partial charge is 0.488 e. The molecule has 4 heteroatoms. The first-order valence-corrected chi connectivity index (χ1v) is 5.56. The molecule has 0 saturated heterocycles. The molecule has 0 radical (unpaired) electrons. The third-order valence-corrected chi connectivity index (χ3v) is 2.86. The van der Waals surface area contributed by atoms with Gasteiger partial charge in [-0.2, -0.15) is 0 Å².